The van der Waals surface area contributed by atoms with Crippen molar-refractivity contribution in [1.29, 1.82) is 0 Å². The fraction of sp³-hybridized carbons (Fsp3) is 0.278. The van der Waals surface area contributed by atoms with Crippen LogP contribution >= 0.6 is 0 Å². The zero-order valence-corrected chi connectivity index (χ0v) is 14.4. The maximum Gasteiger partial charge on any atom is 0.573 e. The number of phenolic OH excluding ortho intramolecular Hbond substituents is 1. The minimum absolute atomic E-state index is 0.212. The third-order valence-corrected chi connectivity index (χ3v) is 3.61. The van der Waals surface area contributed by atoms with Crippen molar-refractivity contribution in [1.82, 2.24) is 5.32 Å². The van der Waals surface area contributed by atoms with Crippen LogP contribution in [0.2, 0.25) is 0 Å². The molecule has 2 aromatic carbocycles. The van der Waals surface area contributed by atoms with Gasteiger partial charge in [0.05, 0.1) is 6.54 Å². The van der Waals surface area contributed by atoms with Crippen LogP contribution in [0.1, 0.15) is 22.3 Å². The smallest absolute Gasteiger partial charge is 0.507 e. The van der Waals surface area contributed by atoms with E-state index in [4.69, 9.17) is 5.73 Å². The van der Waals surface area contributed by atoms with Gasteiger partial charge in [-0.25, -0.2) is 4.99 Å². The fourth-order valence-corrected chi connectivity index (χ4v) is 2.37. The van der Waals surface area contributed by atoms with E-state index in [0.717, 1.165) is 22.3 Å². The van der Waals surface area contributed by atoms with E-state index < -0.39 is 6.36 Å². The Labute approximate surface area is 149 Å². The first-order valence-corrected chi connectivity index (χ1v) is 7.81. The highest BCUT2D eigenvalue weighted by molar-refractivity contribution is 5.77. The second-order valence-electron chi connectivity index (χ2n) is 5.82. The van der Waals surface area contributed by atoms with Crippen LogP contribution in [0, 0.1) is 13.8 Å². The van der Waals surface area contributed by atoms with Crippen molar-refractivity contribution >= 4 is 5.96 Å². The molecule has 0 aromatic heterocycles. The molecule has 4 N–H and O–H groups in total. The Balaban J connectivity index is 1.90. The predicted octanol–water partition coefficient (Wildman–Crippen LogP) is 3.51. The minimum Gasteiger partial charge on any atom is -0.507 e. The lowest BCUT2D eigenvalue weighted by atomic mass is 10.1. The molecule has 8 heteroatoms. The number of hydrogen-bond donors (Lipinski definition) is 3. The van der Waals surface area contributed by atoms with E-state index in [1.54, 1.807) is 0 Å². The Bertz CT molecular complexity index is 764. The lowest BCUT2D eigenvalue weighted by molar-refractivity contribution is -0.274. The van der Waals surface area contributed by atoms with Gasteiger partial charge in [-0.05, 0) is 48.2 Å². The number of hydrogen-bond acceptors (Lipinski definition) is 3. The molecule has 2 aromatic rings. The van der Waals surface area contributed by atoms with E-state index in [1.165, 1.54) is 24.3 Å². The molecule has 0 amide bonds. The van der Waals surface area contributed by atoms with Crippen molar-refractivity contribution in [2.45, 2.75) is 33.3 Å². The number of phenols is 1. The highest BCUT2D eigenvalue weighted by Gasteiger charge is 2.30. The minimum atomic E-state index is -4.71. The van der Waals surface area contributed by atoms with Crippen molar-refractivity contribution in [3.05, 3.63) is 58.7 Å². The molecule has 0 bridgehead atoms. The summed E-state index contributed by atoms with van der Waals surface area (Å²) in [4.78, 5) is 4.22. The Kier molecular flexibility index (Phi) is 5.97. The summed E-state index contributed by atoms with van der Waals surface area (Å²) in [6.07, 6.45) is -4.71. The first kappa shape index (κ1) is 19.4. The van der Waals surface area contributed by atoms with E-state index >= 15 is 0 Å². The van der Waals surface area contributed by atoms with Crippen LogP contribution in [0.15, 0.2) is 41.4 Å². The third kappa shape index (κ3) is 5.87. The summed E-state index contributed by atoms with van der Waals surface area (Å²) in [5.74, 6) is 0.201. The average Bonchev–Trinajstić information content (AvgIpc) is 2.55. The zero-order valence-electron chi connectivity index (χ0n) is 14.4. The number of ether oxygens (including phenoxy) is 1. The van der Waals surface area contributed by atoms with E-state index in [9.17, 15) is 18.3 Å². The Morgan fingerprint density at radius 2 is 1.69 bits per heavy atom. The molecule has 0 atom stereocenters. The summed E-state index contributed by atoms with van der Waals surface area (Å²) in [7, 11) is 0. The molecular weight excluding hydrogens is 347 g/mol. The van der Waals surface area contributed by atoms with Gasteiger partial charge in [-0.1, -0.05) is 24.3 Å². The van der Waals surface area contributed by atoms with Gasteiger partial charge in [0.25, 0.3) is 0 Å². The molecule has 0 saturated carbocycles. The van der Waals surface area contributed by atoms with Gasteiger partial charge < -0.3 is 20.9 Å². The number of aliphatic imine (C=N–C) groups is 1. The summed E-state index contributed by atoms with van der Waals surface area (Å²) in [5, 5.41) is 12.6. The van der Waals surface area contributed by atoms with E-state index in [2.05, 4.69) is 15.0 Å². The molecule has 5 nitrogen and oxygen atoms in total. The van der Waals surface area contributed by atoms with Gasteiger partial charge in [0, 0.05) is 6.54 Å². The second-order valence-corrected chi connectivity index (χ2v) is 5.82. The molecule has 0 saturated heterocycles. The summed E-state index contributed by atoms with van der Waals surface area (Å²) in [6, 6.07) is 9.15. The monoisotopic (exact) mass is 367 g/mol. The van der Waals surface area contributed by atoms with Gasteiger partial charge in [-0.3, -0.25) is 0 Å². The number of nitrogens with two attached hydrogens (primary N) is 1. The zero-order chi connectivity index (χ0) is 19.3. The van der Waals surface area contributed by atoms with Gasteiger partial charge >= 0.3 is 6.36 Å². The number of alkyl halides is 3. The molecule has 2 rings (SSSR count). The van der Waals surface area contributed by atoms with Crippen LogP contribution < -0.4 is 15.8 Å². The van der Waals surface area contributed by atoms with Gasteiger partial charge in [0.1, 0.15) is 11.5 Å². The number of guanidine groups is 1. The van der Waals surface area contributed by atoms with Gasteiger partial charge in [0.15, 0.2) is 5.96 Å². The van der Waals surface area contributed by atoms with Crippen molar-refractivity contribution in [3.63, 3.8) is 0 Å². The molecule has 140 valence electrons. The number of nitrogens with zero attached hydrogens (tertiary/aromatic N) is 1. The molecule has 0 unspecified atom stereocenters. The normalized spacial score (nSPS) is 12.1. The van der Waals surface area contributed by atoms with E-state index in [1.807, 2.05) is 26.0 Å². The SMILES string of the molecule is Cc1cc(CN=C(N)NCc2ccc(OC(F)(F)F)cc2)cc(C)c1O. The highest BCUT2D eigenvalue weighted by Crippen LogP contribution is 2.24. The van der Waals surface area contributed by atoms with Gasteiger partial charge in [-0.2, -0.15) is 0 Å². The summed E-state index contributed by atoms with van der Waals surface area (Å²) >= 11 is 0. The molecule has 0 heterocycles. The van der Waals surface area contributed by atoms with E-state index in [0.29, 0.717) is 13.1 Å². The average molecular weight is 367 g/mol. The van der Waals surface area contributed by atoms with Crippen molar-refractivity contribution in [2.24, 2.45) is 10.7 Å². The molecule has 0 spiro atoms. The predicted molar refractivity (Wildman–Crippen MR) is 92.9 cm³/mol. The van der Waals surface area contributed by atoms with E-state index in [-0.39, 0.29) is 17.5 Å². The quantitative estimate of drug-likeness (QED) is 0.558. The van der Waals surface area contributed by atoms with Crippen LogP contribution in [-0.2, 0) is 13.1 Å². The topological polar surface area (TPSA) is 79.9 Å². The lowest BCUT2D eigenvalue weighted by Crippen LogP contribution is -2.31. The van der Waals surface area contributed by atoms with Crippen LogP contribution in [0.3, 0.4) is 0 Å². The van der Waals surface area contributed by atoms with Crippen LogP contribution in [0.25, 0.3) is 0 Å². The first-order valence-electron chi connectivity index (χ1n) is 7.81. The number of benzene rings is 2. The molecule has 26 heavy (non-hydrogen) atoms. The highest BCUT2D eigenvalue weighted by atomic mass is 19.4. The van der Waals surface area contributed by atoms with Crippen molar-refractivity contribution in [2.75, 3.05) is 0 Å². The Morgan fingerprint density at radius 1 is 1.12 bits per heavy atom. The van der Waals surface area contributed by atoms with Crippen molar-refractivity contribution < 1.29 is 23.0 Å². The molecule has 0 aliphatic rings. The number of halogens is 3. The molecular formula is C18H20F3N3O2. The largest absolute Gasteiger partial charge is 0.573 e. The van der Waals surface area contributed by atoms with Crippen molar-refractivity contribution in [3.8, 4) is 11.5 Å². The molecule has 0 aliphatic carbocycles. The lowest BCUT2D eigenvalue weighted by Gasteiger charge is -2.10. The van der Waals surface area contributed by atoms with Gasteiger partial charge in [0.2, 0.25) is 0 Å². The summed E-state index contributed by atoms with van der Waals surface area (Å²) in [5.41, 5.74) is 8.98. The van der Waals surface area contributed by atoms with Gasteiger partial charge in [-0.15, -0.1) is 13.2 Å². The summed E-state index contributed by atoms with van der Waals surface area (Å²) in [6.45, 7) is 4.28. The maximum atomic E-state index is 12.1. The summed E-state index contributed by atoms with van der Waals surface area (Å²) < 4.78 is 40.1. The number of nitrogens with one attached hydrogen (secondary N) is 1. The number of aromatic hydroxyl groups is 1. The Hall–Kier alpha value is -2.90. The number of aryl methyl sites for hydroxylation is 2. The maximum absolute atomic E-state index is 12.1. The fourth-order valence-electron chi connectivity index (χ4n) is 2.37. The third-order valence-electron chi connectivity index (χ3n) is 3.61. The standard InChI is InChI=1S/C18H20F3N3O2/c1-11-7-14(8-12(2)16(11)25)10-24-17(22)23-9-13-3-5-15(6-4-13)26-18(19,20)21/h3-8,25H,9-10H2,1-2H3,(H3,22,23,24). The first-order chi connectivity index (χ1) is 12.1. The van der Waals surface area contributed by atoms with Crippen LogP contribution in [-0.4, -0.2) is 17.4 Å². The Morgan fingerprint density at radius 3 is 2.23 bits per heavy atom. The second kappa shape index (κ2) is 7.99. The molecule has 0 fully saturated rings. The molecule has 0 radical (unpaired) electrons. The number of rotatable bonds is 5. The molecule has 0 aliphatic heterocycles. The van der Waals surface area contributed by atoms with Crippen LogP contribution in [0.4, 0.5) is 13.2 Å². The van der Waals surface area contributed by atoms with Crippen LogP contribution in [0.5, 0.6) is 11.5 Å².